The van der Waals surface area contributed by atoms with Gasteiger partial charge in [0.15, 0.2) is 0 Å². The van der Waals surface area contributed by atoms with Crippen molar-refractivity contribution in [1.29, 1.82) is 0 Å². The first-order valence-electron chi connectivity index (χ1n) is 11.8. The summed E-state index contributed by atoms with van der Waals surface area (Å²) in [6.45, 7) is 4.13. The summed E-state index contributed by atoms with van der Waals surface area (Å²) in [5.74, 6) is -0.0343. The summed E-state index contributed by atoms with van der Waals surface area (Å²) in [6.07, 6.45) is 3.01. The zero-order chi connectivity index (χ0) is 25.3. The SMILES string of the molecule is CCOC(=O)/C=c1\s/c(=C/c2ccc(OCc3ccccc3)cc2)c(=O)n1CC(=O)N1CCOCC1. The Morgan fingerprint density at radius 3 is 2.47 bits per heavy atom. The molecule has 1 amide bonds. The van der Waals surface area contributed by atoms with E-state index in [0.717, 1.165) is 22.5 Å². The van der Waals surface area contributed by atoms with Crippen LogP contribution in [-0.4, -0.2) is 54.3 Å². The number of ether oxygens (including phenoxy) is 3. The second-order valence-electron chi connectivity index (χ2n) is 8.07. The minimum Gasteiger partial charge on any atom is -0.489 e. The van der Waals surface area contributed by atoms with Gasteiger partial charge in [0, 0.05) is 13.1 Å². The number of rotatable bonds is 8. The second-order valence-corrected chi connectivity index (χ2v) is 9.14. The third-order valence-corrected chi connectivity index (χ3v) is 6.61. The van der Waals surface area contributed by atoms with Crippen LogP contribution < -0.4 is 19.5 Å². The topological polar surface area (TPSA) is 87.1 Å². The summed E-state index contributed by atoms with van der Waals surface area (Å²) in [5, 5.41) is 0. The zero-order valence-corrected chi connectivity index (χ0v) is 20.9. The smallest absolute Gasteiger partial charge is 0.333 e. The van der Waals surface area contributed by atoms with Crippen LogP contribution in [0.25, 0.3) is 12.2 Å². The number of morpholine rings is 1. The molecule has 36 heavy (non-hydrogen) atoms. The summed E-state index contributed by atoms with van der Waals surface area (Å²) in [4.78, 5) is 39.8. The van der Waals surface area contributed by atoms with Crippen LogP contribution in [0.4, 0.5) is 0 Å². The Morgan fingerprint density at radius 2 is 1.78 bits per heavy atom. The van der Waals surface area contributed by atoms with Gasteiger partial charge in [-0.25, -0.2) is 4.79 Å². The molecular formula is C27H28N2O6S. The van der Waals surface area contributed by atoms with E-state index in [2.05, 4.69) is 0 Å². The van der Waals surface area contributed by atoms with Crippen LogP contribution in [0.2, 0.25) is 0 Å². The second kappa shape index (κ2) is 12.3. The van der Waals surface area contributed by atoms with Gasteiger partial charge in [-0.15, -0.1) is 11.3 Å². The number of nitrogens with zero attached hydrogens (tertiary/aromatic N) is 2. The normalized spacial score (nSPS) is 14.6. The van der Waals surface area contributed by atoms with Crippen LogP contribution in [-0.2, 0) is 32.2 Å². The summed E-state index contributed by atoms with van der Waals surface area (Å²) < 4.78 is 18.3. The van der Waals surface area contributed by atoms with E-state index >= 15 is 0 Å². The van der Waals surface area contributed by atoms with Crippen molar-refractivity contribution in [3.63, 3.8) is 0 Å². The number of aromatic nitrogens is 1. The van der Waals surface area contributed by atoms with Crippen molar-refractivity contribution in [1.82, 2.24) is 9.47 Å². The number of amides is 1. The molecule has 1 saturated heterocycles. The van der Waals surface area contributed by atoms with Crippen LogP contribution in [0.15, 0.2) is 59.4 Å². The van der Waals surface area contributed by atoms with Gasteiger partial charge in [-0.05, 0) is 36.3 Å². The van der Waals surface area contributed by atoms with Crippen molar-refractivity contribution in [3.8, 4) is 5.75 Å². The van der Waals surface area contributed by atoms with Gasteiger partial charge < -0.3 is 19.1 Å². The molecule has 3 aromatic rings. The minimum atomic E-state index is -0.558. The van der Waals surface area contributed by atoms with E-state index in [-0.39, 0.29) is 24.6 Å². The van der Waals surface area contributed by atoms with E-state index in [0.29, 0.717) is 47.9 Å². The van der Waals surface area contributed by atoms with E-state index in [1.807, 2.05) is 54.6 Å². The van der Waals surface area contributed by atoms with Gasteiger partial charge in [-0.2, -0.15) is 0 Å². The lowest BCUT2D eigenvalue weighted by atomic mass is 10.2. The Balaban J connectivity index is 1.58. The molecule has 0 spiro atoms. The summed E-state index contributed by atoms with van der Waals surface area (Å²) in [6, 6.07) is 17.3. The molecule has 0 radical (unpaired) electrons. The number of esters is 1. The van der Waals surface area contributed by atoms with Gasteiger partial charge >= 0.3 is 5.97 Å². The maximum Gasteiger partial charge on any atom is 0.333 e. The molecule has 8 nitrogen and oxygen atoms in total. The van der Waals surface area contributed by atoms with Crippen LogP contribution in [0, 0.1) is 0 Å². The van der Waals surface area contributed by atoms with Gasteiger partial charge in [0.05, 0.1) is 30.4 Å². The summed E-state index contributed by atoms with van der Waals surface area (Å²) >= 11 is 1.15. The Bertz CT molecular complexity index is 1360. The van der Waals surface area contributed by atoms with Gasteiger partial charge in [0.2, 0.25) is 5.91 Å². The first-order chi connectivity index (χ1) is 17.5. The predicted molar refractivity (Wildman–Crippen MR) is 137 cm³/mol. The van der Waals surface area contributed by atoms with Crippen LogP contribution in [0.1, 0.15) is 18.1 Å². The number of hydrogen-bond acceptors (Lipinski definition) is 7. The van der Waals surface area contributed by atoms with Crippen molar-refractivity contribution in [2.24, 2.45) is 0 Å². The number of carbonyl (C=O) groups excluding carboxylic acids is 2. The lowest BCUT2D eigenvalue weighted by Gasteiger charge is -2.26. The molecule has 0 unspecified atom stereocenters. The molecule has 0 bridgehead atoms. The quantitative estimate of drug-likeness (QED) is 0.429. The molecule has 1 fully saturated rings. The minimum absolute atomic E-state index is 0.152. The Labute approximate surface area is 212 Å². The van der Waals surface area contributed by atoms with E-state index < -0.39 is 5.97 Å². The van der Waals surface area contributed by atoms with Gasteiger partial charge in [0.25, 0.3) is 5.56 Å². The molecule has 2 aromatic carbocycles. The highest BCUT2D eigenvalue weighted by Gasteiger charge is 2.19. The van der Waals surface area contributed by atoms with Crippen molar-refractivity contribution in [2.45, 2.75) is 20.1 Å². The highest BCUT2D eigenvalue weighted by molar-refractivity contribution is 7.07. The monoisotopic (exact) mass is 508 g/mol. The fraction of sp³-hybridized carbons (Fsp3) is 0.296. The fourth-order valence-corrected chi connectivity index (χ4v) is 4.71. The van der Waals surface area contributed by atoms with Crippen molar-refractivity contribution in [3.05, 3.63) is 85.3 Å². The van der Waals surface area contributed by atoms with Crippen LogP contribution in [0.5, 0.6) is 5.75 Å². The molecule has 0 atom stereocenters. The number of carbonyl (C=O) groups is 2. The highest BCUT2D eigenvalue weighted by atomic mass is 32.1. The lowest BCUT2D eigenvalue weighted by molar-refractivity contribution is -0.136. The van der Waals surface area contributed by atoms with Crippen LogP contribution >= 0.6 is 11.3 Å². The molecule has 0 saturated carbocycles. The van der Waals surface area contributed by atoms with Gasteiger partial charge in [0.1, 0.15) is 23.6 Å². The zero-order valence-electron chi connectivity index (χ0n) is 20.1. The Hall–Kier alpha value is -3.69. The predicted octanol–water partition coefficient (Wildman–Crippen LogP) is 1.52. The van der Waals surface area contributed by atoms with Crippen molar-refractivity contribution in [2.75, 3.05) is 32.9 Å². The Morgan fingerprint density at radius 1 is 1.06 bits per heavy atom. The first-order valence-corrected chi connectivity index (χ1v) is 12.6. The van der Waals surface area contributed by atoms with Gasteiger partial charge in [-0.3, -0.25) is 14.2 Å². The maximum absolute atomic E-state index is 13.2. The molecule has 4 rings (SSSR count). The van der Waals surface area contributed by atoms with E-state index in [1.165, 1.54) is 10.6 Å². The summed E-state index contributed by atoms with van der Waals surface area (Å²) in [7, 11) is 0. The average Bonchev–Trinajstić information content (AvgIpc) is 3.18. The highest BCUT2D eigenvalue weighted by Crippen LogP contribution is 2.14. The molecule has 2 heterocycles. The number of thiazole rings is 1. The van der Waals surface area contributed by atoms with E-state index in [9.17, 15) is 14.4 Å². The Kier molecular flexibility index (Phi) is 8.70. The number of benzene rings is 2. The molecule has 1 aliphatic heterocycles. The molecule has 1 aliphatic rings. The third kappa shape index (κ3) is 6.71. The van der Waals surface area contributed by atoms with E-state index in [1.54, 1.807) is 17.9 Å². The molecular weight excluding hydrogens is 480 g/mol. The first kappa shape index (κ1) is 25.4. The lowest BCUT2D eigenvalue weighted by Crippen LogP contribution is -2.45. The molecule has 0 N–H and O–H groups in total. The molecule has 188 valence electrons. The average molecular weight is 509 g/mol. The largest absolute Gasteiger partial charge is 0.489 e. The molecule has 9 heteroatoms. The van der Waals surface area contributed by atoms with Crippen molar-refractivity contribution >= 4 is 35.4 Å². The van der Waals surface area contributed by atoms with Gasteiger partial charge in [-0.1, -0.05) is 42.5 Å². The van der Waals surface area contributed by atoms with Crippen LogP contribution in [0.3, 0.4) is 0 Å². The number of hydrogen-bond donors (Lipinski definition) is 0. The third-order valence-electron chi connectivity index (χ3n) is 5.55. The standard InChI is InChI=1S/C27H28N2O6S/c1-2-34-26(31)17-25-29(18-24(30)28-12-14-33-15-13-28)27(32)23(36-25)16-20-8-10-22(11-9-20)35-19-21-6-4-3-5-7-21/h3-11,16-17H,2,12-15,18-19H2,1H3/b23-16+,25-17-. The molecule has 1 aromatic heterocycles. The van der Waals surface area contributed by atoms with Crippen molar-refractivity contribution < 1.29 is 23.8 Å². The molecule has 0 aliphatic carbocycles. The summed E-state index contributed by atoms with van der Waals surface area (Å²) in [5.41, 5.74) is 1.54. The fourth-order valence-electron chi connectivity index (χ4n) is 3.68. The maximum atomic E-state index is 13.2. The van der Waals surface area contributed by atoms with E-state index in [4.69, 9.17) is 14.2 Å².